The minimum atomic E-state index is -0.400. The molecule has 2 rings (SSSR count). The molecular weight excluding hydrogens is 243 g/mol. The molecular formula is C16H21FO2. The Labute approximate surface area is 114 Å². The zero-order chi connectivity index (χ0) is 13.8. The van der Waals surface area contributed by atoms with Crippen molar-refractivity contribution in [2.75, 3.05) is 7.11 Å². The van der Waals surface area contributed by atoms with Gasteiger partial charge in [0.25, 0.3) is 0 Å². The van der Waals surface area contributed by atoms with Crippen molar-refractivity contribution in [1.29, 1.82) is 0 Å². The lowest BCUT2D eigenvalue weighted by Crippen LogP contribution is -2.22. The number of hydrogen-bond acceptors (Lipinski definition) is 2. The second-order valence-corrected chi connectivity index (χ2v) is 5.53. The Hall–Kier alpha value is -1.38. The molecule has 0 amide bonds. The van der Waals surface area contributed by atoms with E-state index in [4.69, 9.17) is 4.74 Å². The molecule has 104 valence electrons. The Morgan fingerprint density at radius 3 is 2.63 bits per heavy atom. The first-order chi connectivity index (χ1) is 9.11. The molecule has 0 spiro atoms. The Morgan fingerprint density at radius 2 is 2.00 bits per heavy atom. The number of carbonyl (C=O) groups is 1. The molecule has 0 atom stereocenters. The van der Waals surface area contributed by atoms with Gasteiger partial charge in [-0.2, -0.15) is 0 Å². The van der Waals surface area contributed by atoms with Crippen LogP contribution in [0.1, 0.15) is 38.2 Å². The van der Waals surface area contributed by atoms with Gasteiger partial charge < -0.3 is 4.74 Å². The van der Waals surface area contributed by atoms with Crippen molar-refractivity contribution in [3.05, 3.63) is 29.6 Å². The summed E-state index contributed by atoms with van der Waals surface area (Å²) in [4.78, 5) is 12.2. The zero-order valence-corrected chi connectivity index (χ0v) is 11.6. The Morgan fingerprint density at radius 1 is 1.32 bits per heavy atom. The molecule has 0 aliphatic heterocycles. The molecule has 0 heterocycles. The number of rotatable bonds is 4. The van der Waals surface area contributed by atoms with Crippen LogP contribution in [0.25, 0.3) is 0 Å². The molecule has 0 radical (unpaired) electrons. The molecule has 19 heavy (non-hydrogen) atoms. The first kappa shape index (κ1) is 14.0. The number of ether oxygens (including phenoxy) is 1. The van der Waals surface area contributed by atoms with Gasteiger partial charge in [0.05, 0.1) is 7.11 Å². The van der Waals surface area contributed by atoms with E-state index in [2.05, 4.69) is 6.92 Å². The van der Waals surface area contributed by atoms with Crippen LogP contribution in [0.4, 0.5) is 4.39 Å². The second kappa shape index (κ2) is 6.18. The molecule has 0 aromatic heterocycles. The summed E-state index contributed by atoms with van der Waals surface area (Å²) in [5.74, 6) is 0.809. The summed E-state index contributed by atoms with van der Waals surface area (Å²) in [5.41, 5.74) is 0.447. The molecule has 1 saturated carbocycles. The van der Waals surface area contributed by atoms with Crippen molar-refractivity contribution in [3.8, 4) is 5.75 Å². The molecule has 0 unspecified atom stereocenters. The number of benzene rings is 1. The summed E-state index contributed by atoms with van der Waals surface area (Å²) >= 11 is 0. The lowest BCUT2D eigenvalue weighted by molar-refractivity contribution is -0.123. The van der Waals surface area contributed by atoms with E-state index in [0.29, 0.717) is 5.56 Å². The monoisotopic (exact) mass is 264 g/mol. The average molecular weight is 264 g/mol. The van der Waals surface area contributed by atoms with Gasteiger partial charge in [-0.1, -0.05) is 31.9 Å². The normalized spacial score (nSPS) is 23.1. The van der Waals surface area contributed by atoms with E-state index in [1.54, 1.807) is 18.2 Å². The molecule has 2 nitrogen and oxygen atoms in total. The van der Waals surface area contributed by atoms with Gasteiger partial charge in [-0.05, 0) is 30.4 Å². The largest absolute Gasteiger partial charge is 0.494 e. The number of methoxy groups -OCH3 is 1. The fourth-order valence-electron chi connectivity index (χ4n) is 2.76. The summed E-state index contributed by atoms with van der Waals surface area (Å²) < 4.78 is 18.9. The third-order valence-electron chi connectivity index (χ3n) is 4.10. The SMILES string of the molecule is COc1cccc(CC(=O)C2CCC(C)CC2)c1F. The Kier molecular flexibility index (Phi) is 4.56. The van der Waals surface area contributed by atoms with Gasteiger partial charge in [0, 0.05) is 12.3 Å². The van der Waals surface area contributed by atoms with E-state index in [0.717, 1.165) is 31.6 Å². The number of Topliss-reactive ketones (excluding diaryl/α,β-unsaturated/α-hetero) is 1. The van der Waals surface area contributed by atoms with Crippen molar-refractivity contribution in [2.24, 2.45) is 11.8 Å². The molecule has 1 aliphatic rings. The Balaban J connectivity index is 2.03. The van der Waals surface area contributed by atoms with Crippen LogP contribution in [0.15, 0.2) is 18.2 Å². The summed E-state index contributed by atoms with van der Waals surface area (Å²) in [6.07, 6.45) is 4.30. The van der Waals surface area contributed by atoms with Gasteiger partial charge in [0.1, 0.15) is 5.78 Å². The van der Waals surface area contributed by atoms with E-state index in [9.17, 15) is 9.18 Å². The Bertz CT molecular complexity index is 448. The number of hydrogen-bond donors (Lipinski definition) is 0. The maximum atomic E-state index is 14.0. The van der Waals surface area contributed by atoms with Crippen LogP contribution in [-0.4, -0.2) is 12.9 Å². The maximum absolute atomic E-state index is 14.0. The molecule has 3 heteroatoms. The van der Waals surface area contributed by atoms with Crippen LogP contribution >= 0.6 is 0 Å². The van der Waals surface area contributed by atoms with Crippen molar-refractivity contribution in [2.45, 2.75) is 39.0 Å². The minimum absolute atomic E-state index is 0.113. The van der Waals surface area contributed by atoms with Gasteiger partial charge in [0.15, 0.2) is 11.6 Å². The highest BCUT2D eigenvalue weighted by Gasteiger charge is 2.25. The van der Waals surface area contributed by atoms with Crippen molar-refractivity contribution >= 4 is 5.78 Å². The summed E-state index contributed by atoms with van der Waals surface area (Å²) in [5, 5.41) is 0. The van der Waals surface area contributed by atoms with Gasteiger partial charge >= 0.3 is 0 Å². The highest BCUT2D eigenvalue weighted by Crippen LogP contribution is 2.30. The molecule has 1 aromatic carbocycles. The molecule has 1 aliphatic carbocycles. The molecule has 1 fully saturated rings. The third kappa shape index (κ3) is 3.34. The van der Waals surface area contributed by atoms with E-state index >= 15 is 0 Å². The van der Waals surface area contributed by atoms with Crippen LogP contribution in [0.5, 0.6) is 5.75 Å². The molecule has 0 bridgehead atoms. The molecule has 0 saturated heterocycles. The third-order valence-corrected chi connectivity index (χ3v) is 4.10. The van der Waals surface area contributed by atoms with Crippen molar-refractivity contribution < 1.29 is 13.9 Å². The fraction of sp³-hybridized carbons (Fsp3) is 0.562. The van der Waals surface area contributed by atoms with Gasteiger partial charge in [-0.3, -0.25) is 4.79 Å². The first-order valence-electron chi connectivity index (χ1n) is 6.96. The zero-order valence-electron chi connectivity index (χ0n) is 11.6. The molecule has 0 N–H and O–H groups in total. The number of ketones is 1. The van der Waals surface area contributed by atoms with Crippen molar-refractivity contribution in [1.82, 2.24) is 0 Å². The first-order valence-corrected chi connectivity index (χ1v) is 6.96. The predicted octanol–water partition coefficient (Wildman–Crippen LogP) is 3.77. The van der Waals surface area contributed by atoms with Crippen LogP contribution in [0, 0.1) is 17.7 Å². The van der Waals surface area contributed by atoms with Crippen LogP contribution in [0.2, 0.25) is 0 Å². The predicted molar refractivity (Wildman–Crippen MR) is 72.8 cm³/mol. The number of carbonyl (C=O) groups excluding carboxylic acids is 1. The lowest BCUT2D eigenvalue weighted by atomic mass is 9.79. The second-order valence-electron chi connectivity index (χ2n) is 5.53. The maximum Gasteiger partial charge on any atom is 0.168 e. The smallest absolute Gasteiger partial charge is 0.168 e. The quantitative estimate of drug-likeness (QED) is 0.827. The van der Waals surface area contributed by atoms with Crippen molar-refractivity contribution in [3.63, 3.8) is 0 Å². The lowest BCUT2D eigenvalue weighted by Gasteiger charge is -2.25. The summed E-state index contributed by atoms with van der Waals surface area (Å²) in [6.45, 7) is 2.22. The van der Waals surface area contributed by atoms with E-state index in [-0.39, 0.29) is 23.9 Å². The average Bonchev–Trinajstić information content (AvgIpc) is 2.42. The summed E-state index contributed by atoms with van der Waals surface area (Å²) in [7, 11) is 1.44. The van der Waals surface area contributed by atoms with Gasteiger partial charge in [-0.15, -0.1) is 0 Å². The highest BCUT2D eigenvalue weighted by molar-refractivity contribution is 5.83. The minimum Gasteiger partial charge on any atom is -0.494 e. The topological polar surface area (TPSA) is 26.3 Å². The van der Waals surface area contributed by atoms with Crippen LogP contribution in [0.3, 0.4) is 0 Å². The van der Waals surface area contributed by atoms with E-state index in [1.165, 1.54) is 7.11 Å². The number of halogens is 1. The van der Waals surface area contributed by atoms with Crippen LogP contribution in [-0.2, 0) is 11.2 Å². The molecule has 1 aromatic rings. The van der Waals surface area contributed by atoms with Gasteiger partial charge in [-0.25, -0.2) is 4.39 Å². The van der Waals surface area contributed by atoms with E-state index < -0.39 is 5.82 Å². The van der Waals surface area contributed by atoms with Gasteiger partial charge in [0.2, 0.25) is 0 Å². The van der Waals surface area contributed by atoms with Crippen LogP contribution < -0.4 is 4.74 Å². The van der Waals surface area contributed by atoms with E-state index in [1.807, 2.05) is 0 Å². The highest BCUT2D eigenvalue weighted by atomic mass is 19.1. The summed E-state index contributed by atoms with van der Waals surface area (Å²) in [6, 6.07) is 4.97. The standard InChI is InChI=1S/C16H21FO2/c1-11-6-8-12(9-7-11)14(18)10-13-4-3-5-15(19-2)16(13)17/h3-5,11-12H,6-10H2,1-2H3. The fourth-order valence-corrected chi connectivity index (χ4v) is 2.76.